The van der Waals surface area contributed by atoms with Crippen LogP contribution in [0.2, 0.25) is 5.02 Å². The molecule has 0 bridgehead atoms. The van der Waals surface area contributed by atoms with E-state index >= 15 is 0 Å². The van der Waals surface area contributed by atoms with E-state index < -0.39 is 0 Å². The van der Waals surface area contributed by atoms with Gasteiger partial charge in [-0.1, -0.05) is 65.7 Å². The molecule has 4 aromatic rings. The third-order valence-electron chi connectivity index (χ3n) is 5.83. The number of aromatic nitrogens is 1. The molecule has 1 aliphatic rings. The average Bonchev–Trinajstić information content (AvgIpc) is 3.30. The number of carbonyl (C=O) groups is 2. The van der Waals surface area contributed by atoms with Crippen LogP contribution >= 0.6 is 23.4 Å². The third-order valence-corrected chi connectivity index (χ3v) is 7.09. The Morgan fingerprint density at radius 3 is 2.50 bits per heavy atom. The number of thioether (sulfide) groups is 1. The van der Waals surface area contributed by atoms with Crippen molar-refractivity contribution in [2.24, 2.45) is 0 Å². The van der Waals surface area contributed by atoms with Gasteiger partial charge >= 0.3 is 0 Å². The maximum Gasteiger partial charge on any atom is 0.293 e. The predicted octanol–water partition coefficient (Wildman–Crippen LogP) is 7.03. The van der Waals surface area contributed by atoms with Crippen LogP contribution in [-0.2, 0) is 17.9 Å². The first-order chi connectivity index (χ1) is 16.4. The minimum atomic E-state index is -0.371. The zero-order valence-corrected chi connectivity index (χ0v) is 19.9. The molecule has 0 spiro atoms. The lowest BCUT2D eigenvalue weighted by Crippen LogP contribution is -2.27. The van der Waals surface area contributed by atoms with Crippen molar-refractivity contribution in [1.82, 2.24) is 9.47 Å². The smallest absolute Gasteiger partial charge is 0.293 e. The predicted molar refractivity (Wildman–Crippen MR) is 135 cm³/mol. The minimum absolute atomic E-state index is 0.232. The summed E-state index contributed by atoms with van der Waals surface area (Å²) < 4.78 is 16.3. The molecule has 0 unspecified atom stereocenters. The Bertz CT molecular complexity index is 1440. The van der Waals surface area contributed by atoms with Crippen molar-refractivity contribution in [1.29, 1.82) is 0 Å². The number of aryl methyl sites for hydroxylation is 1. The summed E-state index contributed by atoms with van der Waals surface area (Å²) in [4.78, 5) is 27.3. The van der Waals surface area contributed by atoms with Crippen LogP contribution < -0.4 is 0 Å². The first kappa shape index (κ1) is 22.4. The number of fused-ring (bicyclic) bond motifs is 1. The standard InChI is InChI=1S/C27H20ClFN2O2S/c1-17-9-11-18(12-10-17)14-31-26(32)25(34-27(31)33)13-19-15-30(24-8-3-2-5-20(19)24)16-21-22(28)6-4-7-23(21)29/h2-13,15H,14,16H2,1H3/b25-13-. The summed E-state index contributed by atoms with van der Waals surface area (Å²) in [6, 6.07) is 20.1. The van der Waals surface area contributed by atoms with Gasteiger partial charge in [-0.2, -0.15) is 0 Å². The van der Waals surface area contributed by atoms with Gasteiger partial charge in [0.1, 0.15) is 5.82 Å². The maximum atomic E-state index is 14.4. The number of halogens is 2. The fourth-order valence-corrected chi connectivity index (χ4v) is 5.08. The molecule has 2 amide bonds. The Labute approximate surface area is 205 Å². The van der Waals surface area contributed by atoms with Crippen molar-refractivity contribution in [3.05, 3.63) is 111 Å². The molecule has 0 atom stereocenters. The minimum Gasteiger partial charge on any atom is -0.342 e. The number of carbonyl (C=O) groups excluding carboxylic acids is 2. The summed E-state index contributed by atoms with van der Waals surface area (Å²) in [6.07, 6.45) is 3.60. The van der Waals surface area contributed by atoms with Gasteiger partial charge in [0.05, 0.1) is 18.0 Å². The van der Waals surface area contributed by atoms with Crippen LogP contribution in [-0.4, -0.2) is 20.6 Å². The molecule has 1 fully saturated rings. The molecule has 5 rings (SSSR count). The molecule has 1 saturated heterocycles. The number of hydrogen-bond acceptors (Lipinski definition) is 3. The Balaban J connectivity index is 1.48. The Kier molecular flexibility index (Phi) is 6.02. The van der Waals surface area contributed by atoms with E-state index in [0.29, 0.717) is 15.5 Å². The third kappa shape index (κ3) is 4.27. The number of nitrogens with zero attached hydrogens (tertiary/aromatic N) is 2. The molecule has 0 aliphatic carbocycles. The van der Waals surface area contributed by atoms with Gasteiger partial charge in [0.25, 0.3) is 11.1 Å². The van der Waals surface area contributed by atoms with Gasteiger partial charge in [-0.05, 0) is 48.5 Å². The molecule has 1 aromatic heterocycles. The highest BCUT2D eigenvalue weighted by Crippen LogP contribution is 2.35. The highest BCUT2D eigenvalue weighted by atomic mass is 35.5. The summed E-state index contributed by atoms with van der Waals surface area (Å²) in [7, 11) is 0. The van der Waals surface area contributed by atoms with Crippen LogP contribution in [0.15, 0.2) is 77.8 Å². The van der Waals surface area contributed by atoms with Crippen LogP contribution in [0.4, 0.5) is 9.18 Å². The molecule has 34 heavy (non-hydrogen) atoms. The first-order valence-electron chi connectivity index (χ1n) is 10.7. The van der Waals surface area contributed by atoms with Crippen molar-refractivity contribution in [3.8, 4) is 0 Å². The number of hydrogen-bond donors (Lipinski definition) is 0. The van der Waals surface area contributed by atoms with Crippen molar-refractivity contribution in [3.63, 3.8) is 0 Å². The van der Waals surface area contributed by atoms with Gasteiger partial charge in [0, 0.05) is 33.2 Å². The van der Waals surface area contributed by atoms with Gasteiger partial charge in [0.15, 0.2) is 0 Å². The molecule has 170 valence electrons. The van der Waals surface area contributed by atoms with Crippen LogP contribution in [0.3, 0.4) is 0 Å². The molecular formula is C27H20ClFN2O2S. The van der Waals surface area contributed by atoms with Crippen molar-refractivity contribution in [2.75, 3.05) is 0 Å². The fraction of sp³-hybridized carbons (Fsp3) is 0.111. The Hall–Kier alpha value is -3.35. The molecule has 0 saturated carbocycles. The van der Waals surface area contributed by atoms with Crippen LogP contribution in [0, 0.1) is 12.7 Å². The molecule has 0 radical (unpaired) electrons. The van der Waals surface area contributed by atoms with E-state index in [0.717, 1.165) is 39.4 Å². The van der Waals surface area contributed by atoms with Gasteiger partial charge in [0.2, 0.25) is 0 Å². The van der Waals surface area contributed by atoms with E-state index in [-0.39, 0.29) is 30.1 Å². The highest BCUT2D eigenvalue weighted by molar-refractivity contribution is 8.18. The molecule has 7 heteroatoms. The number of para-hydroxylation sites is 1. The van der Waals surface area contributed by atoms with Crippen LogP contribution in [0.5, 0.6) is 0 Å². The van der Waals surface area contributed by atoms with Gasteiger partial charge in [-0.25, -0.2) is 4.39 Å². The topological polar surface area (TPSA) is 42.3 Å². The van der Waals surface area contributed by atoms with Gasteiger partial charge < -0.3 is 4.57 Å². The number of amides is 2. The largest absolute Gasteiger partial charge is 0.342 e. The SMILES string of the molecule is Cc1ccc(CN2C(=O)S/C(=C\c3cn(Cc4c(F)cccc4Cl)c4ccccc34)C2=O)cc1. The number of rotatable bonds is 5. The average molecular weight is 491 g/mol. The molecule has 2 heterocycles. The quantitative estimate of drug-likeness (QED) is 0.282. The van der Waals surface area contributed by atoms with Crippen molar-refractivity contribution < 1.29 is 14.0 Å². The molecule has 0 N–H and O–H groups in total. The van der Waals surface area contributed by atoms with E-state index in [2.05, 4.69) is 0 Å². The summed E-state index contributed by atoms with van der Waals surface area (Å²) >= 11 is 7.18. The number of imide groups is 1. The van der Waals surface area contributed by atoms with Crippen molar-refractivity contribution >= 4 is 51.5 Å². The summed E-state index contributed by atoms with van der Waals surface area (Å²) in [5, 5.41) is 0.968. The van der Waals surface area contributed by atoms with E-state index in [4.69, 9.17) is 11.6 Å². The second-order valence-corrected chi connectivity index (χ2v) is 9.58. The molecule has 4 nitrogen and oxygen atoms in total. The lowest BCUT2D eigenvalue weighted by Gasteiger charge is -2.12. The highest BCUT2D eigenvalue weighted by Gasteiger charge is 2.35. The summed E-state index contributed by atoms with van der Waals surface area (Å²) in [5.41, 5.74) is 4.07. The zero-order valence-electron chi connectivity index (χ0n) is 18.3. The van der Waals surface area contributed by atoms with Crippen molar-refractivity contribution in [2.45, 2.75) is 20.0 Å². The van der Waals surface area contributed by atoms with Gasteiger partial charge in [-0.3, -0.25) is 14.5 Å². The summed E-state index contributed by atoms with van der Waals surface area (Å²) in [6.45, 7) is 2.47. The van der Waals surface area contributed by atoms with Crippen LogP contribution in [0.25, 0.3) is 17.0 Å². The fourth-order valence-electron chi connectivity index (χ4n) is 4.03. The van der Waals surface area contributed by atoms with Gasteiger partial charge in [-0.15, -0.1) is 0 Å². The maximum absolute atomic E-state index is 14.4. The Morgan fingerprint density at radius 2 is 1.74 bits per heavy atom. The lowest BCUT2D eigenvalue weighted by molar-refractivity contribution is -0.123. The normalized spacial score (nSPS) is 15.1. The summed E-state index contributed by atoms with van der Waals surface area (Å²) in [5.74, 6) is -0.686. The second-order valence-electron chi connectivity index (χ2n) is 8.18. The lowest BCUT2D eigenvalue weighted by atomic mass is 10.1. The monoisotopic (exact) mass is 490 g/mol. The van der Waals surface area contributed by atoms with E-state index in [9.17, 15) is 14.0 Å². The molecule has 3 aromatic carbocycles. The first-order valence-corrected chi connectivity index (χ1v) is 11.9. The zero-order chi connectivity index (χ0) is 23.8. The number of benzene rings is 3. The van der Waals surface area contributed by atoms with Crippen LogP contribution in [0.1, 0.15) is 22.3 Å². The van der Waals surface area contributed by atoms with E-state index in [1.54, 1.807) is 18.2 Å². The molecular weight excluding hydrogens is 471 g/mol. The van der Waals surface area contributed by atoms with E-state index in [1.807, 2.05) is 66.2 Å². The molecule has 1 aliphatic heterocycles. The van der Waals surface area contributed by atoms with E-state index in [1.165, 1.54) is 11.0 Å². The Morgan fingerprint density at radius 1 is 0.971 bits per heavy atom. The second kappa shape index (κ2) is 9.12.